The van der Waals surface area contributed by atoms with E-state index in [1.54, 1.807) is 12.1 Å². The average molecular weight is 377 g/mol. The molecule has 0 atom stereocenters. The Bertz CT molecular complexity index is 741. The number of carbonyl (C=O) groups excluding carboxylic acids is 1. The first-order chi connectivity index (χ1) is 11.0. The quantitative estimate of drug-likeness (QED) is 0.485. The van der Waals surface area contributed by atoms with Gasteiger partial charge in [-0.2, -0.15) is 4.98 Å². The molecule has 0 aliphatic heterocycles. The Morgan fingerprint density at radius 3 is 2.57 bits per heavy atom. The van der Waals surface area contributed by atoms with E-state index in [-0.39, 0.29) is 21.8 Å². The lowest BCUT2D eigenvalue weighted by Crippen LogP contribution is -2.12. The average Bonchev–Trinajstić information content (AvgIpc) is 2.51. The molecular formula is C14H12Cl3N3O3. The summed E-state index contributed by atoms with van der Waals surface area (Å²) in [4.78, 5) is 19.5. The summed E-state index contributed by atoms with van der Waals surface area (Å²) in [6.45, 7) is 0.331. The van der Waals surface area contributed by atoms with E-state index in [1.165, 1.54) is 14.2 Å². The number of rotatable bonds is 5. The molecule has 2 rings (SSSR count). The maximum atomic E-state index is 11.8. The summed E-state index contributed by atoms with van der Waals surface area (Å²) in [5.41, 5.74) is 0.857. The second-order valence-corrected chi connectivity index (χ2v) is 5.42. The number of halogens is 3. The van der Waals surface area contributed by atoms with E-state index < -0.39 is 5.97 Å². The van der Waals surface area contributed by atoms with E-state index in [0.717, 1.165) is 5.56 Å². The number of hydrogen-bond donors (Lipinski definition) is 1. The Hall–Kier alpha value is -1.76. The molecule has 0 fully saturated rings. The minimum absolute atomic E-state index is 0.0122. The van der Waals surface area contributed by atoms with E-state index in [9.17, 15) is 4.79 Å². The molecule has 122 valence electrons. The molecule has 0 unspecified atom stereocenters. The van der Waals surface area contributed by atoms with Gasteiger partial charge in [0.05, 0.1) is 19.2 Å². The van der Waals surface area contributed by atoms with Crippen molar-refractivity contribution in [3.8, 4) is 5.75 Å². The Labute approximate surface area is 147 Å². The number of benzene rings is 1. The fraction of sp³-hybridized carbons (Fsp3) is 0.214. The topological polar surface area (TPSA) is 73.3 Å². The smallest absolute Gasteiger partial charge is 0.344 e. The number of hydrogen-bond acceptors (Lipinski definition) is 6. The summed E-state index contributed by atoms with van der Waals surface area (Å²) in [6, 6.07) is 5.29. The van der Waals surface area contributed by atoms with Crippen molar-refractivity contribution in [2.45, 2.75) is 6.54 Å². The molecule has 0 spiro atoms. The van der Waals surface area contributed by atoms with Crippen LogP contribution in [0.1, 0.15) is 15.9 Å². The highest BCUT2D eigenvalue weighted by molar-refractivity contribution is 6.34. The predicted molar refractivity (Wildman–Crippen MR) is 88.7 cm³/mol. The Morgan fingerprint density at radius 1 is 1.22 bits per heavy atom. The first kappa shape index (κ1) is 17.6. The molecule has 1 N–H and O–H groups in total. The maximum absolute atomic E-state index is 11.8. The molecule has 6 nitrogen and oxygen atoms in total. The van der Waals surface area contributed by atoms with Crippen molar-refractivity contribution in [2.24, 2.45) is 0 Å². The zero-order valence-electron chi connectivity index (χ0n) is 12.2. The van der Waals surface area contributed by atoms with Crippen molar-refractivity contribution in [1.29, 1.82) is 0 Å². The van der Waals surface area contributed by atoms with Gasteiger partial charge in [-0.1, -0.05) is 29.3 Å². The molecule has 0 aliphatic rings. The Balaban J connectivity index is 2.26. The summed E-state index contributed by atoms with van der Waals surface area (Å²) in [7, 11) is 2.77. The lowest BCUT2D eigenvalue weighted by molar-refractivity contribution is 0.0601. The second-order valence-electron chi connectivity index (χ2n) is 4.32. The van der Waals surface area contributed by atoms with E-state index in [4.69, 9.17) is 39.5 Å². The lowest BCUT2D eigenvalue weighted by Gasteiger charge is -2.12. The van der Waals surface area contributed by atoms with E-state index >= 15 is 0 Å². The van der Waals surface area contributed by atoms with Crippen molar-refractivity contribution in [3.05, 3.63) is 44.8 Å². The maximum Gasteiger partial charge on any atom is 0.344 e. The Kier molecular flexibility index (Phi) is 5.87. The number of carbonyl (C=O) groups is 1. The third kappa shape index (κ3) is 4.16. The molecule has 1 heterocycles. The van der Waals surface area contributed by atoms with Gasteiger partial charge in [0.25, 0.3) is 0 Å². The molecule has 0 saturated heterocycles. The number of esters is 1. The van der Waals surface area contributed by atoms with Crippen LogP contribution in [0.15, 0.2) is 18.2 Å². The van der Waals surface area contributed by atoms with Gasteiger partial charge in [0.15, 0.2) is 5.15 Å². The van der Waals surface area contributed by atoms with Gasteiger partial charge < -0.3 is 14.8 Å². The fourth-order valence-electron chi connectivity index (χ4n) is 1.82. The van der Waals surface area contributed by atoms with Crippen molar-refractivity contribution >= 4 is 46.6 Å². The van der Waals surface area contributed by atoms with Crippen LogP contribution in [0.4, 0.5) is 5.82 Å². The molecule has 0 radical (unpaired) electrons. The van der Waals surface area contributed by atoms with Crippen LogP contribution < -0.4 is 10.1 Å². The third-order valence-corrected chi connectivity index (χ3v) is 3.64. The van der Waals surface area contributed by atoms with Gasteiger partial charge in [-0.15, -0.1) is 0 Å². The van der Waals surface area contributed by atoms with Crippen molar-refractivity contribution in [2.75, 3.05) is 19.5 Å². The van der Waals surface area contributed by atoms with Crippen LogP contribution in [-0.2, 0) is 11.3 Å². The van der Waals surface area contributed by atoms with Crippen LogP contribution in [-0.4, -0.2) is 30.2 Å². The normalized spacial score (nSPS) is 10.3. The van der Waals surface area contributed by atoms with E-state index in [0.29, 0.717) is 17.3 Å². The zero-order chi connectivity index (χ0) is 17.0. The first-order valence-corrected chi connectivity index (χ1v) is 7.47. The van der Waals surface area contributed by atoms with Gasteiger partial charge in [-0.25, -0.2) is 9.78 Å². The molecule has 0 aliphatic carbocycles. The van der Waals surface area contributed by atoms with Gasteiger partial charge in [0.1, 0.15) is 17.1 Å². The van der Waals surface area contributed by atoms with Gasteiger partial charge >= 0.3 is 5.97 Å². The van der Waals surface area contributed by atoms with Gasteiger partial charge in [-0.3, -0.25) is 0 Å². The number of methoxy groups -OCH3 is 2. The minimum Gasteiger partial charge on any atom is -0.495 e. The molecule has 23 heavy (non-hydrogen) atoms. The lowest BCUT2D eigenvalue weighted by atomic mass is 10.2. The number of nitrogens with one attached hydrogen (secondary N) is 1. The molecule has 9 heteroatoms. The number of nitrogens with zero attached hydrogens (tertiary/aromatic N) is 2. The Morgan fingerprint density at radius 2 is 1.96 bits per heavy atom. The van der Waals surface area contributed by atoms with Gasteiger partial charge in [0, 0.05) is 6.54 Å². The van der Waals surface area contributed by atoms with E-state index in [1.807, 2.05) is 6.07 Å². The van der Waals surface area contributed by atoms with Crippen LogP contribution in [0.5, 0.6) is 5.75 Å². The molecule has 1 aromatic carbocycles. The standard InChI is InChI=1S/C14H12Cl3N3O3/c1-22-9-4-3-7(5-8(9)15)6-18-12-10(13(21)23-2)11(16)19-14(17)20-12/h3-5H,6H2,1-2H3,(H,18,19,20). The van der Waals surface area contributed by atoms with Crippen molar-refractivity contribution in [1.82, 2.24) is 9.97 Å². The van der Waals surface area contributed by atoms with Crippen molar-refractivity contribution in [3.63, 3.8) is 0 Å². The largest absolute Gasteiger partial charge is 0.495 e. The highest BCUT2D eigenvalue weighted by atomic mass is 35.5. The van der Waals surface area contributed by atoms with Gasteiger partial charge in [-0.05, 0) is 29.3 Å². The van der Waals surface area contributed by atoms with Gasteiger partial charge in [0.2, 0.25) is 5.28 Å². The van der Waals surface area contributed by atoms with Crippen LogP contribution >= 0.6 is 34.8 Å². The number of ether oxygens (including phenoxy) is 2. The van der Waals surface area contributed by atoms with E-state index in [2.05, 4.69) is 20.0 Å². The number of anilines is 1. The summed E-state index contributed by atoms with van der Waals surface area (Å²) < 4.78 is 9.77. The molecule has 0 saturated carbocycles. The SMILES string of the molecule is COC(=O)c1c(Cl)nc(Cl)nc1NCc1ccc(OC)c(Cl)c1. The van der Waals surface area contributed by atoms with Crippen LogP contribution in [0, 0.1) is 0 Å². The molecular weight excluding hydrogens is 365 g/mol. The fourth-order valence-corrected chi connectivity index (χ4v) is 2.56. The minimum atomic E-state index is -0.665. The monoisotopic (exact) mass is 375 g/mol. The van der Waals surface area contributed by atoms with Crippen LogP contribution in [0.2, 0.25) is 15.5 Å². The molecule has 0 amide bonds. The van der Waals surface area contributed by atoms with Crippen LogP contribution in [0.25, 0.3) is 0 Å². The third-order valence-electron chi connectivity index (χ3n) is 2.90. The predicted octanol–water partition coefficient (Wildman–Crippen LogP) is 3.84. The summed E-state index contributed by atoms with van der Waals surface area (Å²) in [5, 5.41) is 3.27. The molecule has 1 aromatic heterocycles. The summed E-state index contributed by atoms with van der Waals surface area (Å²) >= 11 is 17.8. The molecule has 2 aromatic rings. The van der Waals surface area contributed by atoms with Crippen LogP contribution in [0.3, 0.4) is 0 Å². The van der Waals surface area contributed by atoms with Crippen molar-refractivity contribution < 1.29 is 14.3 Å². The summed E-state index contributed by atoms with van der Waals surface area (Å²) in [5.74, 6) is 0.0783. The first-order valence-electron chi connectivity index (χ1n) is 6.34. The highest BCUT2D eigenvalue weighted by Gasteiger charge is 2.20. The zero-order valence-corrected chi connectivity index (χ0v) is 14.5. The number of aromatic nitrogens is 2. The second kappa shape index (κ2) is 7.68. The summed E-state index contributed by atoms with van der Waals surface area (Å²) in [6.07, 6.45) is 0. The molecule has 0 bridgehead atoms. The highest BCUT2D eigenvalue weighted by Crippen LogP contribution is 2.27.